The zero-order valence-corrected chi connectivity index (χ0v) is 16.1. The summed E-state index contributed by atoms with van der Waals surface area (Å²) in [4.78, 5) is 0. The fourth-order valence-electron chi connectivity index (χ4n) is 8.24. The third-order valence-corrected chi connectivity index (χ3v) is 9.54. The molecule has 4 saturated carbocycles. The summed E-state index contributed by atoms with van der Waals surface area (Å²) < 4.78 is 11.7. The van der Waals surface area contributed by atoms with E-state index in [1.807, 2.05) is 0 Å². The van der Waals surface area contributed by atoms with Crippen LogP contribution in [0.4, 0.5) is 0 Å². The molecule has 5 aliphatic rings. The van der Waals surface area contributed by atoms with E-state index in [4.69, 9.17) is 9.47 Å². The van der Waals surface area contributed by atoms with Gasteiger partial charge in [0.05, 0.1) is 19.3 Å². The van der Waals surface area contributed by atoms with Crippen LogP contribution in [0.5, 0.6) is 0 Å². The molecule has 8 atom stereocenters. The van der Waals surface area contributed by atoms with Crippen LogP contribution in [0.25, 0.3) is 0 Å². The highest BCUT2D eigenvalue weighted by Crippen LogP contribution is 2.66. The summed E-state index contributed by atoms with van der Waals surface area (Å²) in [5.41, 5.74) is 1.02. The van der Waals surface area contributed by atoms with Gasteiger partial charge < -0.3 is 14.6 Å². The number of ether oxygens (including phenoxy) is 2. The standard InChI is InChI=1S/C22H36O3/c1-21-8-3-4-17(21)15-6-5-14-12-19(23)16(20-24-10-11-25-20)13-22(14,2)18(15)7-9-21/h14-20,23H,3-13H2,1-2H3/t14?,15-,16?,17-,18+,19?,21-,22-/m0/s1. The van der Waals surface area contributed by atoms with Crippen LogP contribution in [-0.2, 0) is 9.47 Å². The van der Waals surface area contributed by atoms with Gasteiger partial charge in [-0.2, -0.15) is 0 Å². The first kappa shape index (κ1) is 17.0. The quantitative estimate of drug-likeness (QED) is 0.764. The molecular weight excluding hydrogens is 312 g/mol. The topological polar surface area (TPSA) is 38.7 Å². The lowest BCUT2D eigenvalue weighted by Gasteiger charge is -2.61. The zero-order chi connectivity index (χ0) is 17.2. The lowest BCUT2D eigenvalue weighted by molar-refractivity contribution is -0.189. The third-order valence-electron chi connectivity index (χ3n) is 9.54. The predicted molar refractivity (Wildman–Crippen MR) is 96.9 cm³/mol. The minimum absolute atomic E-state index is 0.159. The summed E-state index contributed by atoms with van der Waals surface area (Å²) in [5, 5.41) is 10.8. The Bertz CT molecular complexity index is 515. The van der Waals surface area contributed by atoms with Gasteiger partial charge in [0.1, 0.15) is 0 Å². The largest absolute Gasteiger partial charge is 0.393 e. The van der Waals surface area contributed by atoms with Crippen LogP contribution >= 0.6 is 0 Å². The number of fused-ring (bicyclic) bond motifs is 5. The Labute approximate surface area is 152 Å². The Kier molecular flexibility index (Phi) is 4.04. The van der Waals surface area contributed by atoms with E-state index in [0.717, 1.165) is 30.6 Å². The van der Waals surface area contributed by atoms with Gasteiger partial charge in [-0.1, -0.05) is 20.3 Å². The molecule has 5 rings (SSSR count). The smallest absolute Gasteiger partial charge is 0.163 e. The van der Waals surface area contributed by atoms with Gasteiger partial charge in [-0.15, -0.1) is 0 Å². The second-order valence-corrected chi connectivity index (χ2v) is 10.5. The lowest BCUT2D eigenvalue weighted by Crippen LogP contribution is -2.56. The van der Waals surface area contributed by atoms with Gasteiger partial charge in [-0.25, -0.2) is 0 Å². The Balaban J connectivity index is 1.42. The van der Waals surface area contributed by atoms with Crippen molar-refractivity contribution in [3.8, 4) is 0 Å². The molecular formula is C22H36O3. The van der Waals surface area contributed by atoms with Crippen molar-refractivity contribution in [3.63, 3.8) is 0 Å². The summed E-state index contributed by atoms with van der Waals surface area (Å²) in [5.74, 6) is 3.64. The molecule has 1 aliphatic heterocycles. The monoisotopic (exact) mass is 348 g/mol. The predicted octanol–water partition coefficient (Wildman–Crippen LogP) is 4.38. The lowest BCUT2D eigenvalue weighted by atomic mass is 9.44. The molecule has 0 spiro atoms. The van der Waals surface area contributed by atoms with Crippen LogP contribution in [0.1, 0.15) is 71.6 Å². The van der Waals surface area contributed by atoms with E-state index in [0.29, 0.717) is 30.0 Å². The summed E-state index contributed by atoms with van der Waals surface area (Å²) in [6.45, 7) is 6.55. The summed E-state index contributed by atoms with van der Waals surface area (Å²) >= 11 is 0. The SMILES string of the molecule is C[C@@]12CCC[C@H]1[C@@H]1CCC3CC(O)C(C4OCCO4)C[C@]3(C)[C@@H]1CC2. The molecule has 0 aromatic carbocycles. The van der Waals surface area contributed by atoms with Gasteiger partial charge in [0.2, 0.25) is 0 Å². The molecule has 4 aliphatic carbocycles. The van der Waals surface area contributed by atoms with Crippen molar-refractivity contribution in [1.29, 1.82) is 0 Å². The maximum atomic E-state index is 10.8. The molecule has 1 N–H and O–H groups in total. The molecule has 3 heteroatoms. The Hall–Kier alpha value is -0.120. The molecule has 142 valence electrons. The van der Waals surface area contributed by atoms with Crippen LogP contribution in [-0.4, -0.2) is 30.7 Å². The van der Waals surface area contributed by atoms with Gasteiger partial charge in [0.15, 0.2) is 6.29 Å². The highest BCUT2D eigenvalue weighted by molar-refractivity contribution is 5.08. The van der Waals surface area contributed by atoms with E-state index < -0.39 is 0 Å². The van der Waals surface area contributed by atoms with E-state index in [9.17, 15) is 5.11 Å². The van der Waals surface area contributed by atoms with Crippen LogP contribution in [0.2, 0.25) is 0 Å². The summed E-state index contributed by atoms with van der Waals surface area (Å²) in [6.07, 6.45) is 11.7. The molecule has 0 bridgehead atoms. The fourth-order valence-corrected chi connectivity index (χ4v) is 8.24. The van der Waals surface area contributed by atoms with Crippen molar-refractivity contribution < 1.29 is 14.6 Å². The molecule has 25 heavy (non-hydrogen) atoms. The molecule has 0 aromatic heterocycles. The first-order valence-corrected chi connectivity index (χ1v) is 10.9. The fraction of sp³-hybridized carbons (Fsp3) is 1.00. The van der Waals surface area contributed by atoms with Crippen molar-refractivity contribution in [3.05, 3.63) is 0 Å². The van der Waals surface area contributed by atoms with E-state index in [2.05, 4.69) is 13.8 Å². The highest BCUT2D eigenvalue weighted by atomic mass is 16.7. The van der Waals surface area contributed by atoms with Crippen molar-refractivity contribution in [2.24, 2.45) is 40.4 Å². The van der Waals surface area contributed by atoms with Crippen molar-refractivity contribution in [2.75, 3.05) is 13.2 Å². The molecule has 0 amide bonds. The molecule has 5 fully saturated rings. The van der Waals surface area contributed by atoms with Gasteiger partial charge in [-0.3, -0.25) is 0 Å². The number of aliphatic hydroxyl groups excluding tert-OH is 1. The average molecular weight is 349 g/mol. The van der Waals surface area contributed by atoms with Gasteiger partial charge in [0, 0.05) is 5.92 Å². The first-order valence-electron chi connectivity index (χ1n) is 10.9. The Morgan fingerprint density at radius 3 is 2.48 bits per heavy atom. The molecule has 3 unspecified atom stereocenters. The molecule has 3 nitrogen and oxygen atoms in total. The van der Waals surface area contributed by atoms with Crippen molar-refractivity contribution >= 4 is 0 Å². The molecule has 0 aromatic rings. The van der Waals surface area contributed by atoms with Gasteiger partial charge in [-0.05, 0) is 85.9 Å². The van der Waals surface area contributed by atoms with Crippen LogP contribution in [0.3, 0.4) is 0 Å². The van der Waals surface area contributed by atoms with E-state index in [1.165, 1.54) is 44.9 Å². The van der Waals surface area contributed by atoms with Gasteiger partial charge >= 0.3 is 0 Å². The summed E-state index contributed by atoms with van der Waals surface area (Å²) in [6, 6.07) is 0. The third kappa shape index (κ3) is 2.48. The molecule has 1 heterocycles. The minimum Gasteiger partial charge on any atom is -0.393 e. The second-order valence-electron chi connectivity index (χ2n) is 10.5. The second kappa shape index (κ2) is 5.94. The van der Waals surface area contributed by atoms with Crippen LogP contribution in [0.15, 0.2) is 0 Å². The van der Waals surface area contributed by atoms with E-state index in [-0.39, 0.29) is 18.3 Å². The Morgan fingerprint density at radius 2 is 1.68 bits per heavy atom. The van der Waals surface area contributed by atoms with Crippen LogP contribution in [0, 0.1) is 40.4 Å². The van der Waals surface area contributed by atoms with E-state index >= 15 is 0 Å². The Morgan fingerprint density at radius 1 is 0.880 bits per heavy atom. The zero-order valence-electron chi connectivity index (χ0n) is 16.1. The summed E-state index contributed by atoms with van der Waals surface area (Å²) in [7, 11) is 0. The molecule has 1 saturated heterocycles. The van der Waals surface area contributed by atoms with E-state index in [1.54, 1.807) is 0 Å². The number of hydrogen-bond acceptors (Lipinski definition) is 3. The number of hydrogen-bond donors (Lipinski definition) is 1. The maximum absolute atomic E-state index is 10.8. The number of aliphatic hydroxyl groups is 1. The number of rotatable bonds is 1. The van der Waals surface area contributed by atoms with Gasteiger partial charge in [0.25, 0.3) is 0 Å². The highest BCUT2D eigenvalue weighted by Gasteiger charge is 2.59. The first-order chi connectivity index (χ1) is 12.0. The molecule has 0 radical (unpaired) electrons. The minimum atomic E-state index is -0.238. The van der Waals surface area contributed by atoms with Crippen LogP contribution < -0.4 is 0 Å². The normalized spacial score (nSPS) is 56.3. The van der Waals surface area contributed by atoms with Crippen molar-refractivity contribution in [2.45, 2.75) is 84.0 Å². The van der Waals surface area contributed by atoms with Crippen molar-refractivity contribution in [1.82, 2.24) is 0 Å². The average Bonchev–Trinajstić information content (AvgIpc) is 3.23. The maximum Gasteiger partial charge on any atom is 0.163 e.